The Morgan fingerprint density at radius 3 is 2.96 bits per heavy atom. The van der Waals surface area contributed by atoms with Crippen molar-refractivity contribution in [1.82, 2.24) is 4.98 Å². The molecule has 1 aromatic carbocycles. The number of nitrogens with one attached hydrogen (secondary N) is 1. The fraction of sp³-hybridized carbons (Fsp3) is 0.188. The van der Waals surface area contributed by atoms with Gasteiger partial charge in [-0.15, -0.1) is 0 Å². The summed E-state index contributed by atoms with van der Waals surface area (Å²) in [6, 6.07) is 7.44. The molecule has 3 rings (SSSR count). The first-order valence-electron chi connectivity index (χ1n) is 7.39. The van der Waals surface area contributed by atoms with Crippen molar-refractivity contribution in [1.29, 1.82) is 0 Å². The van der Waals surface area contributed by atoms with Gasteiger partial charge in [-0.3, -0.25) is 24.6 Å². The molecular weight excluding hydrogens is 328 g/mol. The van der Waals surface area contributed by atoms with E-state index in [1.54, 1.807) is 25.3 Å². The number of ether oxygens (including phenoxy) is 1. The molecule has 1 N–H and O–H groups in total. The normalized spacial score (nSPS) is 13.0. The molecule has 0 saturated heterocycles. The van der Waals surface area contributed by atoms with Crippen LogP contribution in [0.1, 0.15) is 5.56 Å². The number of aromatic nitrogens is 1. The molecule has 2 aromatic rings. The summed E-state index contributed by atoms with van der Waals surface area (Å²) in [6.45, 7) is 1.26. The number of carbonyl (C=O) groups excluding carboxylic acids is 2. The lowest BCUT2D eigenvalue weighted by molar-refractivity contribution is -0.384. The summed E-state index contributed by atoms with van der Waals surface area (Å²) < 4.78 is 5.26. The third kappa shape index (κ3) is 3.39. The van der Waals surface area contributed by atoms with Crippen molar-refractivity contribution in [2.24, 2.45) is 0 Å². The molecule has 2 amide bonds. The molecule has 0 atom stereocenters. The average Bonchev–Trinajstić information content (AvgIpc) is 2.59. The number of nitrogens with zero attached hydrogens (tertiary/aromatic N) is 3. The molecule has 0 bridgehead atoms. The molecule has 1 aromatic heterocycles. The molecule has 0 unspecified atom stereocenters. The van der Waals surface area contributed by atoms with Crippen LogP contribution in [0, 0.1) is 17.0 Å². The van der Waals surface area contributed by atoms with Crippen LogP contribution in [-0.2, 0) is 9.59 Å². The zero-order valence-corrected chi connectivity index (χ0v) is 13.3. The highest BCUT2D eigenvalue weighted by Crippen LogP contribution is 2.35. The van der Waals surface area contributed by atoms with Gasteiger partial charge < -0.3 is 10.1 Å². The summed E-state index contributed by atoms with van der Waals surface area (Å²) in [6.07, 6.45) is 1.54. The number of amides is 2. The molecule has 1 aliphatic heterocycles. The van der Waals surface area contributed by atoms with Crippen molar-refractivity contribution in [2.45, 2.75) is 6.92 Å². The van der Waals surface area contributed by atoms with E-state index in [4.69, 9.17) is 4.74 Å². The molecule has 0 saturated carbocycles. The second-order valence-electron chi connectivity index (χ2n) is 5.39. The minimum Gasteiger partial charge on any atom is -0.482 e. The number of hydrogen-bond donors (Lipinski definition) is 1. The number of hydrogen-bond acceptors (Lipinski definition) is 6. The summed E-state index contributed by atoms with van der Waals surface area (Å²) >= 11 is 0. The Morgan fingerprint density at radius 1 is 1.44 bits per heavy atom. The largest absolute Gasteiger partial charge is 0.482 e. The highest BCUT2D eigenvalue weighted by Gasteiger charge is 2.29. The minimum atomic E-state index is -0.575. The number of rotatable bonds is 4. The van der Waals surface area contributed by atoms with Gasteiger partial charge in [0.2, 0.25) is 5.91 Å². The smallest absolute Gasteiger partial charge is 0.271 e. The van der Waals surface area contributed by atoms with Gasteiger partial charge in [-0.2, -0.15) is 0 Å². The van der Waals surface area contributed by atoms with Crippen molar-refractivity contribution in [3.8, 4) is 5.75 Å². The van der Waals surface area contributed by atoms with E-state index in [0.29, 0.717) is 11.6 Å². The van der Waals surface area contributed by atoms with E-state index in [1.165, 1.54) is 23.1 Å². The lowest BCUT2D eigenvalue weighted by atomic mass is 10.2. The second kappa shape index (κ2) is 6.56. The predicted octanol–water partition coefficient (Wildman–Crippen LogP) is 1.66. The zero-order valence-electron chi connectivity index (χ0n) is 13.3. The van der Waals surface area contributed by atoms with Crippen molar-refractivity contribution in [3.63, 3.8) is 0 Å². The number of carbonyl (C=O) groups is 2. The molecule has 25 heavy (non-hydrogen) atoms. The third-order valence-electron chi connectivity index (χ3n) is 3.67. The van der Waals surface area contributed by atoms with Gasteiger partial charge in [0.05, 0.1) is 10.6 Å². The standard InChI is InChI=1S/C16H14N4O5/c1-10-3-2-6-17-16(10)18-14(21)8-19-12-7-11(20(23)24)4-5-13(12)25-9-15(19)22/h2-7H,8-9H2,1H3,(H,17,18,21). The number of non-ortho nitro benzene ring substituents is 1. The van der Waals surface area contributed by atoms with Crippen LogP contribution in [0.2, 0.25) is 0 Å². The Bertz CT molecular complexity index is 867. The van der Waals surface area contributed by atoms with Crippen molar-refractivity contribution >= 4 is 29.0 Å². The molecule has 9 nitrogen and oxygen atoms in total. The Labute approximate surface area is 142 Å². The van der Waals surface area contributed by atoms with Gasteiger partial charge in [0.1, 0.15) is 18.1 Å². The lowest BCUT2D eigenvalue weighted by Crippen LogP contribution is -2.43. The highest BCUT2D eigenvalue weighted by molar-refractivity contribution is 6.05. The second-order valence-corrected chi connectivity index (χ2v) is 5.39. The van der Waals surface area contributed by atoms with Gasteiger partial charge in [-0.25, -0.2) is 4.98 Å². The number of fused-ring (bicyclic) bond motifs is 1. The van der Waals surface area contributed by atoms with Crippen LogP contribution in [0.4, 0.5) is 17.2 Å². The Kier molecular flexibility index (Phi) is 4.29. The fourth-order valence-corrected chi connectivity index (χ4v) is 2.41. The number of aryl methyl sites for hydroxylation is 1. The van der Waals surface area contributed by atoms with Crippen LogP contribution in [0.5, 0.6) is 5.75 Å². The summed E-state index contributed by atoms with van der Waals surface area (Å²) in [5, 5.41) is 13.6. The van der Waals surface area contributed by atoms with Crippen molar-refractivity contribution in [2.75, 3.05) is 23.4 Å². The van der Waals surface area contributed by atoms with Gasteiger partial charge in [-0.1, -0.05) is 6.07 Å². The molecule has 128 valence electrons. The van der Waals surface area contributed by atoms with E-state index in [1.807, 2.05) is 0 Å². The van der Waals surface area contributed by atoms with E-state index in [0.717, 1.165) is 5.56 Å². The lowest BCUT2D eigenvalue weighted by Gasteiger charge is -2.28. The predicted molar refractivity (Wildman–Crippen MR) is 88.5 cm³/mol. The number of anilines is 2. The highest BCUT2D eigenvalue weighted by atomic mass is 16.6. The van der Waals surface area contributed by atoms with Gasteiger partial charge in [-0.05, 0) is 24.6 Å². The Hall–Kier alpha value is -3.49. The number of benzene rings is 1. The third-order valence-corrected chi connectivity index (χ3v) is 3.67. The van der Waals surface area contributed by atoms with E-state index >= 15 is 0 Å². The maximum absolute atomic E-state index is 12.3. The molecule has 2 heterocycles. The van der Waals surface area contributed by atoms with Gasteiger partial charge in [0, 0.05) is 18.3 Å². The first kappa shape index (κ1) is 16.4. The van der Waals surface area contributed by atoms with Gasteiger partial charge >= 0.3 is 0 Å². The molecule has 0 radical (unpaired) electrons. The van der Waals surface area contributed by atoms with E-state index in [2.05, 4.69) is 10.3 Å². The Morgan fingerprint density at radius 2 is 2.24 bits per heavy atom. The first-order valence-corrected chi connectivity index (χ1v) is 7.39. The summed E-state index contributed by atoms with van der Waals surface area (Å²) in [5.74, 6) is -0.213. The molecule has 0 aliphatic carbocycles. The maximum atomic E-state index is 12.3. The van der Waals surface area contributed by atoms with E-state index in [9.17, 15) is 19.7 Å². The molecule has 9 heteroatoms. The maximum Gasteiger partial charge on any atom is 0.271 e. The Balaban J connectivity index is 1.84. The first-order chi connectivity index (χ1) is 12.0. The summed E-state index contributed by atoms with van der Waals surface area (Å²) in [7, 11) is 0. The minimum absolute atomic E-state index is 0.192. The number of nitro groups is 1. The van der Waals surface area contributed by atoms with Crippen LogP contribution in [0.15, 0.2) is 36.5 Å². The van der Waals surface area contributed by atoms with Gasteiger partial charge in [0.25, 0.3) is 11.6 Å². The van der Waals surface area contributed by atoms with Crippen LogP contribution in [0.25, 0.3) is 0 Å². The summed E-state index contributed by atoms with van der Waals surface area (Å²) in [5.41, 5.74) is 0.779. The van der Waals surface area contributed by atoms with Crippen molar-refractivity contribution in [3.05, 3.63) is 52.2 Å². The SMILES string of the molecule is Cc1cccnc1NC(=O)CN1C(=O)COc2ccc([N+](=O)[O-])cc21. The quantitative estimate of drug-likeness (QED) is 0.667. The summed E-state index contributed by atoms with van der Waals surface area (Å²) in [4.78, 5) is 40.0. The zero-order chi connectivity index (χ0) is 18.0. The van der Waals surface area contributed by atoms with Gasteiger partial charge in [0.15, 0.2) is 6.61 Å². The van der Waals surface area contributed by atoms with E-state index < -0.39 is 16.7 Å². The van der Waals surface area contributed by atoms with Crippen LogP contribution >= 0.6 is 0 Å². The molecular formula is C16H14N4O5. The number of pyridine rings is 1. The van der Waals surface area contributed by atoms with Crippen LogP contribution in [0.3, 0.4) is 0 Å². The van der Waals surface area contributed by atoms with Crippen LogP contribution < -0.4 is 15.0 Å². The van der Waals surface area contributed by atoms with Crippen molar-refractivity contribution < 1.29 is 19.2 Å². The molecule has 1 aliphatic rings. The molecule has 0 spiro atoms. The van der Waals surface area contributed by atoms with E-state index in [-0.39, 0.29) is 24.5 Å². The monoisotopic (exact) mass is 342 g/mol. The molecule has 0 fully saturated rings. The fourth-order valence-electron chi connectivity index (χ4n) is 2.41. The average molecular weight is 342 g/mol. The topological polar surface area (TPSA) is 115 Å². The van der Waals surface area contributed by atoms with Crippen LogP contribution in [-0.4, -0.2) is 34.9 Å². The number of nitro benzene ring substituents is 1.